The first-order valence-electron chi connectivity index (χ1n) is 6.19. The van der Waals surface area contributed by atoms with Gasteiger partial charge in [0.25, 0.3) is 0 Å². The molecule has 16 heavy (non-hydrogen) atoms. The van der Waals surface area contributed by atoms with Crippen molar-refractivity contribution in [1.82, 2.24) is 5.32 Å². The molecular weight excluding hydrogens is 286 g/mol. The summed E-state index contributed by atoms with van der Waals surface area (Å²) in [5.41, 5.74) is 0. The van der Waals surface area contributed by atoms with Crippen LogP contribution in [0, 0.1) is 11.8 Å². The molecule has 4 heteroatoms. The average molecular weight is 308 g/mol. The van der Waals surface area contributed by atoms with Gasteiger partial charge in [-0.15, -0.1) is 0 Å². The summed E-state index contributed by atoms with van der Waals surface area (Å²) in [6, 6.07) is 0. The number of amides is 1. The van der Waals surface area contributed by atoms with Crippen molar-refractivity contribution in [1.29, 1.82) is 0 Å². The van der Waals surface area contributed by atoms with Crippen molar-refractivity contribution in [2.45, 2.75) is 32.6 Å². The van der Waals surface area contributed by atoms with Crippen molar-refractivity contribution >= 4 is 33.6 Å². The van der Waals surface area contributed by atoms with Crippen LogP contribution in [0.15, 0.2) is 0 Å². The Labute approximate surface area is 111 Å². The van der Waals surface area contributed by atoms with Crippen LogP contribution in [0.2, 0.25) is 0 Å². The number of carbonyl (C=O) groups is 1. The highest BCUT2D eigenvalue weighted by Crippen LogP contribution is 2.23. The first-order valence-corrected chi connectivity index (χ1v) is 8.47. The largest absolute Gasteiger partial charge is 0.356 e. The van der Waals surface area contributed by atoms with Crippen LogP contribution < -0.4 is 5.32 Å². The second-order valence-electron chi connectivity index (χ2n) is 4.44. The van der Waals surface area contributed by atoms with Gasteiger partial charge in [-0.2, -0.15) is 11.8 Å². The number of hydrogen-bond donors (Lipinski definition) is 1. The predicted molar refractivity (Wildman–Crippen MR) is 75.3 cm³/mol. The SMILES string of the molecule is CCCC(CCBr)CNC(=O)C1CCSC1. The lowest BCUT2D eigenvalue weighted by molar-refractivity contribution is -0.124. The third-order valence-corrected chi connectivity index (χ3v) is 4.70. The van der Waals surface area contributed by atoms with Crippen LogP contribution in [0.1, 0.15) is 32.6 Å². The van der Waals surface area contributed by atoms with Gasteiger partial charge in [-0.05, 0) is 30.9 Å². The molecule has 0 radical (unpaired) electrons. The van der Waals surface area contributed by atoms with E-state index in [1.165, 1.54) is 12.8 Å². The number of alkyl halides is 1. The maximum Gasteiger partial charge on any atom is 0.223 e. The third kappa shape index (κ3) is 5.09. The first kappa shape index (κ1) is 14.4. The van der Waals surface area contributed by atoms with Crippen LogP contribution in [-0.2, 0) is 4.79 Å². The Morgan fingerprint density at radius 3 is 2.94 bits per heavy atom. The molecule has 0 aromatic heterocycles. The van der Waals surface area contributed by atoms with Crippen molar-refractivity contribution in [2.24, 2.45) is 11.8 Å². The lowest BCUT2D eigenvalue weighted by Crippen LogP contribution is -2.34. The Hall–Kier alpha value is 0.300. The van der Waals surface area contributed by atoms with E-state index >= 15 is 0 Å². The van der Waals surface area contributed by atoms with Crippen LogP contribution in [0.3, 0.4) is 0 Å². The summed E-state index contributed by atoms with van der Waals surface area (Å²) < 4.78 is 0. The smallest absolute Gasteiger partial charge is 0.223 e. The van der Waals surface area contributed by atoms with Gasteiger partial charge in [0, 0.05) is 23.5 Å². The summed E-state index contributed by atoms with van der Waals surface area (Å²) in [5.74, 6) is 3.36. The van der Waals surface area contributed by atoms with Crippen molar-refractivity contribution in [3.8, 4) is 0 Å². The van der Waals surface area contributed by atoms with E-state index in [0.717, 1.165) is 36.2 Å². The minimum absolute atomic E-state index is 0.274. The minimum atomic E-state index is 0.274. The van der Waals surface area contributed by atoms with Crippen molar-refractivity contribution in [3.63, 3.8) is 0 Å². The van der Waals surface area contributed by atoms with Gasteiger partial charge in [-0.1, -0.05) is 29.3 Å². The van der Waals surface area contributed by atoms with E-state index in [-0.39, 0.29) is 11.8 Å². The summed E-state index contributed by atoms with van der Waals surface area (Å²) in [7, 11) is 0. The molecule has 2 nitrogen and oxygen atoms in total. The van der Waals surface area contributed by atoms with Crippen LogP contribution in [-0.4, -0.2) is 29.3 Å². The monoisotopic (exact) mass is 307 g/mol. The number of nitrogens with one attached hydrogen (secondary N) is 1. The van der Waals surface area contributed by atoms with Crippen molar-refractivity contribution < 1.29 is 4.79 Å². The molecule has 1 aliphatic heterocycles. The summed E-state index contributed by atoms with van der Waals surface area (Å²) in [6.45, 7) is 3.07. The Morgan fingerprint density at radius 1 is 1.56 bits per heavy atom. The molecule has 2 unspecified atom stereocenters. The van der Waals surface area contributed by atoms with Gasteiger partial charge in [-0.3, -0.25) is 4.79 Å². The van der Waals surface area contributed by atoms with E-state index < -0.39 is 0 Å². The van der Waals surface area contributed by atoms with Crippen LogP contribution in [0.25, 0.3) is 0 Å². The van der Waals surface area contributed by atoms with Crippen LogP contribution >= 0.6 is 27.7 Å². The Morgan fingerprint density at radius 2 is 2.38 bits per heavy atom. The maximum absolute atomic E-state index is 11.8. The number of halogens is 1. The molecule has 0 saturated carbocycles. The van der Waals surface area contributed by atoms with Gasteiger partial charge >= 0.3 is 0 Å². The van der Waals surface area contributed by atoms with Crippen molar-refractivity contribution in [3.05, 3.63) is 0 Å². The normalized spacial score (nSPS) is 22.0. The Kier molecular flexibility index (Phi) is 7.54. The number of rotatable bonds is 7. The molecule has 0 aromatic rings. The van der Waals surface area contributed by atoms with Crippen LogP contribution in [0.4, 0.5) is 0 Å². The second-order valence-corrected chi connectivity index (χ2v) is 6.38. The molecule has 1 rings (SSSR count). The highest BCUT2D eigenvalue weighted by atomic mass is 79.9. The summed E-state index contributed by atoms with van der Waals surface area (Å²) >= 11 is 5.37. The quantitative estimate of drug-likeness (QED) is 0.732. The molecule has 0 spiro atoms. The topological polar surface area (TPSA) is 29.1 Å². The van der Waals surface area contributed by atoms with Gasteiger partial charge < -0.3 is 5.32 Å². The molecule has 94 valence electrons. The molecule has 1 aliphatic rings. The molecule has 0 aromatic carbocycles. The first-order chi connectivity index (χ1) is 7.77. The third-order valence-electron chi connectivity index (χ3n) is 3.08. The zero-order chi connectivity index (χ0) is 11.8. The van der Waals surface area contributed by atoms with E-state index in [1.54, 1.807) is 0 Å². The van der Waals surface area contributed by atoms with Crippen molar-refractivity contribution in [2.75, 3.05) is 23.4 Å². The van der Waals surface area contributed by atoms with E-state index in [0.29, 0.717) is 5.92 Å². The summed E-state index contributed by atoms with van der Waals surface area (Å²) in [5, 5.41) is 4.16. The summed E-state index contributed by atoms with van der Waals surface area (Å²) in [6.07, 6.45) is 4.64. The zero-order valence-electron chi connectivity index (χ0n) is 10.0. The molecular formula is C12H22BrNOS. The van der Waals surface area contributed by atoms with Gasteiger partial charge in [-0.25, -0.2) is 0 Å². The zero-order valence-corrected chi connectivity index (χ0v) is 12.4. The molecule has 1 saturated heterocycles. The Bertz CT molecular complexity index is 201. The fourth-order valence-electron chi connectivity index (χ4n) is 2.04. The standard InChI is InChI=1S/C12H22BrNOS/c1-2-3-10(4-6-13)8-14-12(15)11-5-7-16-9-11/h10-11H,2-9H2,1H3,(H,14,15). The summed E-state index contributed by atoms with van der Waals surface area (Å²) in [4.78, 5) is 11.8. The number of thioether (sulfide) groups is 1. The number of carbonyl (C=O) groups excluding carboxylic acids is 1. The Balaban J connectivity index is 2.21. The molecule has 1 heterocycles. The van der Waals surface area contributed by atoms with Gasteiger partial charge in [0.2, 0.25) is 5.91 Å². The molecule has 1 fully saturated rings. The lowest BCUT2D eigenvalue weighted by Gasteiger charge is -2.17. The predicted octanol–water partition coefficient (Wildman–Crippen LogP) is 3.06. The van der Waals surface area contributed by atoms with Crippen LogP contribution in [0.5, 0.6) is 0 Å². The molecule has 0 bridgehead atoms. The lowest BCUT2D eigenvalue weighted by atomic mass is 10.0. The highest BCUT2D eigenvalue weighted by molar-refractivity contribution is 9.09. The molecule has 0 aliphatic carbocycles. The van der Waals surface area contributed by atoms with Gasteiger partial charge in [0.05, 0.1) is 0 Å². The van der Waals surface area contributed by atoms with E-state index in [1.807, 2.05) is 11.8 Å². The van der Waals surface area contributed by atoms with E-state index in [4.69, 9.17) is 0 Å². The minimum Gasteiger partial charge on any atom is -0.356 e. The maximum atomic E-state index is 11.8. The molecule has 2 atom stereocenters. The van der Waals surface area contributed by atoms with E-state index in [2.05, 4.69) is 28.2 Å². The molecule has 1 amide bonds. The van der Waals surface area contributed by atoms with E-state index in [9.17, 15) is 4.79 Å². The fourth-order valence-corrected chi connectivity index (χ4v) is 3.91. The second kappa shape index (κ2) is 8.40. The average Bonchev–Trinajstić information content (AvgIpc) is 2.79. The highest BCUT2D eigenvalue weighted by Gasteiger charge is 2.23. The fraction of sp³-hybridized carbons (Fsp3) is 0.917. The number of hydrogen-bond acceptors (Lipinski definition) is 2. The van der Waals surface area contributed by atoms with Gasteiger partial charge in [0.15, 0.2) is 0 Å². The molecule has 1 N–H and O–H groups in total. The van der Waals surface area contributed by atoms with Gasteiger partial charge in [0.1, 0.15) is 0 Å².